The van der Waals surface area contributed by atoms with Crippen LogP contribution in [0.15, 0.2) is 0 Å². The second-order valence-corrected chi connectivity index (χ2v) is 5.68. The first kappa shape index (κ1) is 14.5. The maximum atomic E-state index is 11.5. The topological polar surface area (TPSA) is 55.1 Å². The number of amides is 1. The largest absolute Gasteiger partial charge is 0.368 e. The first-order valence-electron chi connectivity index (χ1n) is 7.13. The zero-order valence-corrected chi connectivity index (χ0v) is 11.4. The van der Waals surface area contributed by atoms with Gasteiger partial charge in [0.1, 0.15) is 0 Å². The molecule has 0 heterocycles. The van der Waals surface area contributed by atoms with Crippen LogP contribution in [0.1, 0.15) is 65.2 Å². The first-order chi connectivity index (χ1) is 8.08. The van der Waals surface area contributed by atoms with E-state index in [1.54, 1.807) is 0 Å². The van der Waals surface area contributed by atoms with E-state index in [2.05, 4.69) is 12.2 Å². The van der Waals surface area contributed by atoms with Gasteiger partial charge in [0.25, 0.3) is 0 Å². The summed E-state index contributed by atoms with van der Waals surface area (Å²) in [6.45, 7) is 5.12. The maximum Gasteiger partial charge on any atom is 0.237 e. The Labute approximate surface area is 106 Å². The summed E-state index contributed by atoms with van der Waals surface area (Å²) in [5.74, 6) is 0.586. The summed E-state index contributed by atoms with van der Waals surface area (Å²) >= 11 is 0. The third-order valence-electron chi connectivity index (χ3n) is 3.80. The van der Waals surface area contributed by atoms with Crippen molar-refractivity contribution in [2.45, 2.75) is 70.8 Å². The van der Waals surface area contributed by atoms with E-state index in [1.165, 1.54) is 38.5 Å². The normalized spacial score (nSPS) is 18.9. The van der Waals surface area contributed by atoms with Gasteiger partial charge in [-0.05, 0) is 38.6 Å². The zero-order chi connectivity index (χ0) is 12.7. The number of hydrogen-bond donors (Lipinski definition) is 2. The average Bonchev–Trinajstić information content (AvgIpc) is 3.10. The van der Waals surface area contributed by atoms with Crippen LogP contribution in [0.4, 0.5) is 0 Å². The van der Waals surface area contributed by atoms with Gasteiger partial charge in [0.15, 0.2) is 0 Å². The Hall–Kier alpha value is -0.570. The van der Waals surface area contributed by atoms with Gasteiger partial charge in [-0.1, -0.05) is 39.0 Å². The number of carbonyl (C=O) groups is 1. The van der Waals surface area contributed by atoms with Crippen molar-refractivity contribution < 1.29 is 4.79 Å². The molecular weight excluding hydrogens is 212 g/mol. The predicted octanol–water partition coefficient (Wildman–Crippen LogP) is 2.59. The summed E-state index contributed by atoms with van der Waals surface area (Å²) in [7, 11) is 0. The molecule has 3 heteroatoms. The molecule has 1 aliphatic rings. The molecule has 1 unspecified atom stereocenters. The lowest BCUT2D eigenvalue weighted by Crippen LogP contribution is -2.53. The minimum absolute atomic E-state index is 0.200. The van der Waals surface area contributed by atoms with Gasteiger partial charge in [-0.2, -0.15) is 0 Å². The summed E-state index contributed by atoms with van der Waals surface area (Å²) in [5, 5.41) is 3.37. The second kappa shape index (κ2) is 7.00. The van der Waals surface area contributed by atoms with E-state index in [4.69, 9.17) is 5.73 Å². The highest BCUT2D eigenvalue weighted by molar-refractivity contribution is 5.84. The second-order valence-electron chi connectivity index (χ2n) is 5.68. The van der Waals surface area contributed by atoms with Gasteiger partial charge in [0.2, 0.25) is 5.91 Å². The van der Waals surface area contributed by atoms with Crippen molar-refractivity contribution in [3.63, 3.8) is 0 Å². The summed E-state index contributed by atoms with van der Waals surface area (Å²) in [6, 6.07) is 0. The van der Waals surface area contributed by atoms with Crippen molar-refractivity contribution in [1.29, 1.82) is 0 Å². The van der Waals surface area contributed by atoms with E-state index in [-0.39, 0.29) is 5.91 Å². The number of primary amides is 1. The predicted molar refractivity (Wildman–Crippen MR) is 71.7 cm³/mol. The number of unbranched alkanes of at least 4 members (excludes halogenated alkanes) is 4. The van der Waals surface area contributed by atoms with Crippen LogP contribution in [0.3, 0.4) is 0 Å². The highest BCUT2D eigenvalue weighted by atomic mass is 16.1. The lowest BCUT2D eigenvalue weighted by atomic mass is 9.93. The zero-order valence-electron chi connectivity index (χ0n) is 11.4. The molecule has 3 N–H and O–H groups in total. The number of rotatable bonds is 10. The number of nitrogens with one attached hydrogen (secondary N) is 1. The lowest BCUT2D eigenvalue weighted by Gasteiger charge is -2.27. The van der Waals surface area contributed by atoms with Crippen molar-refractivity contribution in [1.82, 2.24) is 5.32 Å². The highest BCUT2D eigenvalue weighted by Gasteiger charge is 2.32. The van der Waals surface area contributed by atoms with E-state index < -0.39 is 5.54 Å². The molecule has 1 fully saturated rings. The van der Waals surface area contributed by atoms with Crippen LogP contribution in [0, 0.1) is 5.92 Å². The molecule has 1 aliphatic carbocycles. The van der Waals surface area contributed by atoms with E-state index in [9.17, 15) is 4.79 Å². The molecule has 0 aromatic heterocycles. The Balaban J connectivity index is 2.22. The molecular formula is C14H28N2O. The summed E-state index contributed by atoms with van der Waals surface area (Å²) in [5.41, 5.74) is 5.03. The van der Waals surface area contributed by atoms with Crippen molar-refractivity contribution in [3.8, 4) is 0 Å². The molecule has 0 aromatic carbocycles. The number of carbonyl (C=O) groups excluding carboxylic acids is 1. The van der Waals surface area contributed by atoms with Crippen molar-refractivity contribution in [2.75, 3.05) is 6.54 Å². The van der Waals surface area contributed by atoms with Crippen LogP contribution in [0.2, 0.25) is 0 Å². The van der Waals surface area contributed by atoms with Crippen molar-refractivity contribution in [2.24, 2.45) is 11.7 Å². The van der Waals surface area contributed by atoms with E-state index in [0.29, 0.717) is 0 Å². The molecule has 0 spiro atoms. The molecule has 1 rings (SSSR count). The van der Waals surface area contributed by atoms with Gasteiger partial charge in [0, 0.05) is 0 Å². The smallest absolute Gasteiger partial charge is 0.237 e. The van der Waals surface area contributed by atoms with Crippen LogP contribution >= 0.6 is 0 Å². The van der Waals surface area contributed by atoms with Crippen LogP contribution in [-0.4, -0.2) is 18.0 Å². The quantitative estimate of drug-likeness (QED) is 0.577. The Bertz CT molecular complexity index is 238. The van der Waals surface area contributed by atoms with Gasteiger partial charge in [-0.3, -0.25) is 4.79 Å². The summed E-state index contributed by atoms with van der Waals surface area (Å²) < 4.78 is 0. The lowest BCUT2D eigenvalue weighted by molar-refractivity contribution is -0.124. The summed E-state index contributed by atoms with van der Waals surface area (Å²) in [4.78, 5) is 11.5. The standard InChI is InChI=1S/C14H28N2O/c1-3-4-5-6-7-10-14(2,13(15)17)16-11-12-8-9-12/h12,16H,3-11H2,1-2H3,(H2,15,17). The third-order valence-corrected chi connectivity index (χ3v) is 3.80. The first-order valence-corrected chi connectivity index (χ1v) is 7.13. The molecule has 1 saturated carbocycles. The fraction of sp³-hybridized carbons (Fsp3) is 0.929. The fourth-order valence-corrected chi connectivity index (χ4v) is 2.07. The van der Waals surface area contributed by atoms with Crippen LogP contribution in [0.25, 0.3) is 0 Å². The van der Waals surface area contributed by atoms with Crippen molar-refractivity contribution >= 4 is 5.91 Å². The number of hydrogen-bond acceptors (Lipinski definition) is 2. The van der Waals surface area contributed by atoms with Crippen molar-refractivity contribution in [3.05, 3.63) is 0 Å². The Kier molecular flexibility index (Phi) is 5.96. The van der Waals surface area contributed by atoms with Gasteiger partial charge >= 0.3 is 0 Å². The maximum absolute atomic E-state index is 11.5. The minimum atomic E-state index is -0.491. The van der Waals surface area contributed by atoms with E-state index in [1.807, 2.05) is 6.92 Å². The molecule has 0 radical (unpaired) electrons. The molecule has 3 nitrogen and oxygen atoms in total. The molecule has 17 heavy (non-hydrogen) atoms. The minimum Gasteiger partial charge on any atom is -0.368 e. The average molecular weight is 240 g/mol. The molecule has 100 valence electrons. The highest BCUT2D eigenvalue weighted by Crippen LogP contribution is 2.28. The molecule has 0 aromatic rings. The fourth-order valence-electron chi connectivity index (χ4n) is 2.07. The monoisotopic (exact) mass is 240 g/mol. The molecule has 0 bridgehead atoms. The van der Waals surface area contributed by atoms with Gasteiger partial charge in [-0.25, -0.2) is 0 Å². The Morgan fingerprint density at radius 2 is 1.94 bits per heavy atom. The SMILES string of the molecule is CCCCCCCC(C)(NCC1CC1)C(N)=O. The van der Waals surface area contributed by atoms with Gasteiger partial charge < -0.3 is 11.1 Å². The Morgan fingerprint density at radius 3 is 2.47 bits per heavy atom. The summed E-state index contributed by atoms with van der Waals surface area (Å²) in [6.07, 6.45) is 9.61. The van der Waals surface area contributed by atoms with Crippen LogP contribution in [0.5, 0.6) is 0 Å². The van der Waals surface area contributed by atoms with Crippen LogP contribution < -0.4 is 11.1 Å². The van der Waals surface area contributed by atoms with E-state index in [0.717, 1.165) is 25.3 Å². The van der Waals surface area contributed by atoms with E-state index >= 15 is 0 Å². The molecule has 1 amide bonds. The number of nitrogens with two attached hydrogens (primary N) is 1. The molecule has 1 atom stereocenters. The molecule has 0 aliphatic heterocycles. The third kappa shape index (κ3) is 5.53. The Morgan fingerprint density at radius 1 is 1.29 bits per heavy atom. The van der Waals surface area contributed by atoms with Gasteiger partial charge in [0.05, 0.1) is 5.54 Å². The van der Waals surface area contributed by atoms with Gasteiger partial charge in [-0.15, -0.1) is 0 Å². The van der Waals surface area contributed by atoms with Crippen LogP contribution in [-0.2, 0) is 4.79 Å². The molecule has 0 saturated heterocycles.